The van der Waals surface area contributed by atoms with Gasteiger partial charge in [0, 0.05) is 27.4 Å². The van der Waals surface area contributed by atoms with Crippen molar-refractivity contribution in [1.82, 2.24) is 0 Å². The molecule has 0 fully saturated rings. The van der Waals surface area contributed by atoms with Gasteiger partial charge in [-0.15, -0.1) is 0 Å². The maximum Gasteiger partial charge on any atom is 0.159 e. The fourth-order valence-corrected chi connectivity index (χ4v) is 8.25. The number of anilines is 3. The van der Waals surface area contributed by atoms with Crippen LogP contribution in [0.25, 0.3) is 44.2 Å². The van der Waals surface area contributed by atoms with Gasteiger partial charge in [0.25, 0.3) is 0 Å². The second-order valence-corrected chi connectivity index (χ2v) is 13.1. The average Bonchev–Trinajstić information content (AvgIpc) is 3.68. The quantitative estimate of drug-likeness (QED) is 0.185. The number of fused-ring (bicyclic) bond motifs is 6. The maximum atomic E-state index is 6.70. The third-order valence-corrected chi connectivity index (χ3v) is 10.3. The zero-order valence-electron chi connectivity index (χ0n) is 27.1. The minimum Gasteiger partial charge on any atom is -0.454 e. The van der Waals surface area contributed by atoms with E-state index in [0.717, 1.165) is 39.0 Å². The Bertz CT molecular complexity index is 2420. The molecule has 1 aromatic heterocycles. The van der Waals surface area contributed by atoms with Crippen LogP contribution >= 0.6 is 0 Å². The summed E-state index contributed by atoms with van der Waals surface area (Å²) in [6.07, 6.45) is 0. The number of benzene rings is 7. The molecular formula is C46H35NO. The predicted octanol–water partition coefficient (Wildman–Crippen LogP) is 12.7. The van der Waals surface area contributed by atoms with Gasteiger partial charge in [-0.3, -0.25) is 0 Å². The van der Waals surface area contributed by atoms with Crippen LogP contribution in [0.5, 0.6) is 0 Å². The fraction of sp³-hybridized carbons (Fsp3) is 0.0870. The van der Waals surface area contributed by atoms with Gasteiger partial charge in [-0.25, -0.2) is 0 Å². The van der Waals surface area contributed by atoms with E-state index in [2.05, 4.69) is 183 Å². The number of rotatable bonds is 6. The lowest BCUT2D eigenvalue weighted by Gasteiger charge is -2.37. The van der Waals surface area contributed by atoms with Crippen LogP contribution < -0.4 is 4.90 Å². The van der Waals surface area contributed by atoms with Crippen LogP contribution in [0.3, 0.4) is 0 Å². The Morgan fingerprint density at radius 1 is 0.500 bits per heavy atom. The van der Waals surface area contributed by atoms with E-state index in [-0.39, 0.29) is 5.41 Å². The van der Waals surface area contributed by atoms with Crippen molar-refractivity contribution in [3.63, 3.8) is 0 Å². The summed E-state index contributed by atoms with van der Waals surface area (Å²) in [5.74, 6) is 0.315. The van der Waals surface area contributed by atoms with Crippen LogP contribution in [-0.2, 0) is 5.41 Å². The van der Waals surface area contributed by atoms with Crippen LogP contribution in [0, 0.1) is 5.92 Å². The average molecular weight is 618 g/mol. The van der Waals surface area contributed by atoms with Crippen molar-refractivity contribution in [2.45, 2.75) is 19.3 Å². The highest BCUT2D eigenvalue weighted by atomic mass is 16.3. The lowest BCUT2D eigenvalue weighted by Crippen LogP contribution is -2.33. The second-order valence-electron chi connectivity index (χ2n) is 13.1. The molecule has 0 radical (unpaired) electrons. The number of para-hydroxylation sites is 2. The first-order valence-corrected chi connectivity index (χ1v) is 16.8. The molecule has 0 saturated heterocycles. The monoisotopic (exact) mass is 617 g/mol. The lowest BCUT2D eigenvalue weighted by molar-refractivity contribution is 0.447. The van der Waals surface area contributed by atoms with Gasteiger partial charge in [0.1, 0.15) is 5.58 Å². The highest BCUT2D eigenvalue weighted by molar-refractivity contribution is 6.11. The van der Waals surface area contributed by atoms with Crippen LogP contribution in [0.2, 0.25) is 0 Å². The molecule has 0 bridgehead atoms. The Balaban J connectivity index is 1.35. The van der Waals surface area contributed by atoms with Gasteiger partial charge < -0.3 is 9.32 Å². The number of nitrogens with zero attached hydrogens (tertiary/aromatic N) is 1. The first-order chi connectivity index (χ1) is 23.7. The first-order valence-electron chi connectivity index (χ1n) is 16.8. The molecule has 1 unspecified atom stereocenters. The molecule has 48 heavy (non-hydrogen) atoms. The molecule has 2 heteroatoms. The van der Waals surface area contributed by atoms with E-state index in [1.54, 1.807) is 0 Å². The summed E-state index contributed by atoms with van der Waals surface area (Å²) < 4.78 is 6.70. The van der Waals surface area contributed by atoms with Crippen LogP contribution in [0.4, 0.5) is 17.1 Å². The Morgan fingerprint density at radius 3 is 1.90 bits per heavy atom. The summed E-state index contributed by atoms with van der Waals surface area (Å²) in [6.45, 7) is 4.72. The second kappa shape index (κ2) is 11.1. The highest BCUT2D eigenvalue weighted by Crippen LogP contribution is 2.60. The van der Waals surface area contributed by atoms with Gasteiger partial charge in [-0.1, -0.05) is 153 Å². The molecule has 0 N–H and O–H groups in total. The number of hydrogen-bond acceptors (Lipinski definition) is 2. The minimum absolute atomic E-state index is 0.294. The number of furan rings is 1. The molecule has 7 aromatic carbocycles. The summed E-state index contributed by atoms with van der Waals surface area (Å²) in [5, 5.41) is 2.24. The molecule has 0 saturated carbocycles. The SMILES string of the molecule is CC(C)C1(c2ccccc2)c2ccccc2-c2c(N(c3ccc(-c4ccccc4)cc3)c3cccc4c3oc3ccccc34)cccc21. The smallest absolute Gasteiger partial charge is 0.159 e. The van der Waals surface area contributed by atoms with E-state index in [4.69, 9.17) is 4.42 Å². The van der Waals surface area contributed by atoms with E-state index in [9.17, 15) is 0 Å². The van der Waals surface area contributed by atoms with Gasteiger partial charge in [0.2, 0.25) is 0 Å². The summed E-state index contributed by atoms with van der Waals surface area (Å²) in [5.41, 5.74) is 13.7. The molecule has 0 aliphatic heterocycles. The summed E-state index contributed by atoms with van der Waals surface area (Å²) in [4.78, 5) is 2.41. The third kappa shape index (κ3) is 4.12. The normalized spacial score (nSPS) is 15.1. The van der Waals surface area contributed by atoms with Crippen molar-refractivity contribution in [1.29, 1.82) is 0 Å². The minimum atomic E-state index is -0.294. The van der Waals surface area contributed by atoms with E-state index in [1.807, 2.05) is 6.07 Å². The van der Waals surface area contributed by atoms with Crippen molar-refractivity contribution < 1.29 is 4.42 Å². The summed E-state index contributed by atoms with van der Waals surface area (Å²) in [7, 11) is 0. The maximum absolute atomic E-state index is 6.70. The van der Waals surface area contributed by atoms with Gasteiger partial charge in [0.05, 0.1) is 11.4 Å². The number of hydrogen-bond donors (Lipinski definition) is 0. The van der Waals surface area contributed by atoms with E-state index >= 15 is 0 Å². The van der Waals surface area contributed by atoms with Crippen LogP contribution in [-0.4, -0.2) is 0 Å². The van der Waals surface area contributed by atoms with E-state index in [0.29, 0.717) is 5.92 Å². The zero-order chi connectivity index (χ0) is 32.2. The summed E-state index contributed by atoms with van der Waals surface area (Å²) >= 11 is 0. The Labute approximate surface area is 281 Å². The van der Waals surface area contributed by atoms with Crippen LogP contribution in [0.15, 0.2) is 174 Å². The molecule has 1 heterocycles. The first kappa shape index (κ1) is 28.4. The third-order valence-electron chi connectivity index (χ3n) is 10.3. The van der Waals surface area contributed by atoms with Gasteiger partial charge in [-0.05, 0) is 69.6 Å². The molecule has 0 amide bonds. The molecule has 1 atom stereocenters. The molecule has 9 rings (SSSR count). The molecule has 0 spiro atoms. The van der Waals surface area contributed by atoms with Crippen LogP contribution in [0.1, 0.15) is 30.5 Å². The molecule has 230 valence electrons. The van der Waals surface area contributed by atoms with Crippen molar-refractivity contribution in [3.8, 4) is 22.3 Å². The molecule has 8 aromatic rings. The Kier molecular flexibility index (Phi) is 6.58. The van der Waals surface area contributed by atoms with Crippen molar-refractivity contribution in [3.05, 3.63) is 187 Å². The topological polar surface area (TPSA) is 16.4 Å². The lowest BCUT2D eigenvalue weighted by atomic mass is 9.65. The molecule has 1 aliphatic carbocycles. The zero-order valence-corrected chi connectivity index (χ0v) is 27.1. The summed E-state index contributed by atoms with van der Waals surface area (Å²) in [6, 6.07) is 61.4. The van der Waals surface area contributed by atoms with E-state index < -0.39 is 0 Å². The Hall–Kier alpha value is -5.86. The van der Waals surface area contributed by atoms with Crippen molar-refractivity contribution >= 4 is 39.0 Å². The molecular weight excluding hydrogens is 583 g/mol. The predicted molar refractivity (Wildman–Crippen MR) is 200 cm³/mol. The van der Waals surface area contributed by atoms with Crippen molar-refractivity contribution in [2.75, 3.05) is 4.90 Å². The van der Waals surface area contributed by atoms with Gasteiger partial charge >= 0.3 is 0 Å². The Morgan fingerprint density at radius 2 is 1.10 bits per heavy atom. The fourth-order valence-electron chi connectivity index (χ4n) is 8.25. The van der Waals surface area contributed by atoms with E-state index in [1.165, 1.54) is 38.9 Å². The van der Waals surface area contributed by atoms with Crippen molar-refractivity contribution in [2.24, 2.45) is 5.92 Å². The van der Waals surface area contributed by atoms with Gasteiger partial charge in [-0.2, -0.15) is 0 Å². The van der Waals surface area contributed by atoms with Gasteiger partial charge in [0.15, 0.2) is 5.58 Å². The highest BCUT2D eigenvalue weighted by Gasteiger charge is 2.48. The molecule has 2 nitrogen and oxygen atoms in total. The standard InChI is InChI=1S/C46H35NO/c1-31(2)46(34-17-7-4-8-18-34)39-22-11-9-20-38(39)44-40(46)23-14-24-41(44)47(35-29-27-33(28-30-35)32-15-5-3-6-16-32)42-25-13-21-37-36-19-10-12-26-43(36)48-45(37)42/h3-31H,1-2H3. The largest absolute Gasteiger partial charge is 0.454 e. The molecule has 1 aliphatic rings.